The van der Waals surface area contributed by atoms with Crippen LogP contribution < -0.4 is 16.0 Å². The van der Waals surface area contributed by atoms with Gasteiger partial charge in [0, 0.05) is 38.3 Å². The standard InChI is InChI=1S/C31H44N6O6S/c1-30(2,3)43-29(41)34-22(17-21-18-32-19-36(21)6)26(38)37-15-11-14-24(37)25(44)35-31(4,5)28(40)33-23(27(39)42-7)16-20-12-9-8-10-13-20/h8-10,12-13,18-19,22-24H,11,14-17H2,1-7H3,(H,33,40)(H,34,41)(H,35,44)/t22-,23-,24+/m0/s1. The molecule has 44 heavy (non-hydrogen) atoms. The number of carbonyl (C=O) groups is 4. The Morgan fingerprint density at radius 2 is 1.73 bits per heavy atom. The first kappa shape index (κ1) is 34.5. The molecule has 3 N–H and O–H groups in total. The number of aromatic nitrogens is 2. The third-order valence-electron chi connectivity index (χ3n) is 7.23. The zero-order chi connectivity index (χ0) is 32.7. The van der Waals surface area contributed by atoms with Crippen molar-refractivity contribution in [1.29, 1.82) is 0 Å². The summed E-state index contributed by atoms with van der Waals surface area (Å²) in [5.74, 6) is -1.34. The van der Waals surface area contributed by atoms with E-state index in [2.05, 4.69) is 20.9 Å². The number of rotatable bonds is 11. The van der Waals surface area contributed by atoms with Gasteiger partial charge in [0.15, 0.2) is 0 Å². The lowest BCUT2D eigenvalue weighted by Crippen LogP contribution is -2.61. The molecular formula is C31H44N6O6S. The molecule has 3 atom stereocenters. The van der Waals surface area contributed by atoms with Gasteiger partial charge in [-0.05, 0) is 53.0 Å². The van der Waals surface area contributed by atoms with Gasteiger partial charge in [0.2, 0.25) is 11.8 Å². The number of likely N-dealkylation sites (tertiary alicyclic amines) is 1. The number of alkyl carbamates (subject to hydrolysis) is 1. The van der Waals surface area contributed by atoms with Crippen molar-refractivity contribution in [2.75, 3.05) is 13.7 Å². The monoisotopic (exact) mass is 628 g/mol. The molecule has 1 aromatic carbocycles. The van der Waals surface area contributed by atoms with Crippen molar-refractivity contribution in [2.24, 2.45) is 7.05 Å². The number of amides is 3. The van der Waals surface area contributed by atoms with E-state index in [1.807, 2.05) is 37.4 Å². The Kier molecular flexibility index (Phi) is 11.5. The maximum Gasteiger partial charge on any atom is 0.408 e. The first-order chi connectivity index (χ1) is 20.6. The summed E-state index contributed by atoms with van der Waals surface area (Å²) in [4.78, 5) is 58.6. The molecule has 3 amide bonds. The highest BCUT2D eigenvalue weighted by molar-refractivity contribution is 7.80. The third kappa shape index (κ3) is 9.50. The van der Waals surface area contributed by atoms with Crippen molar-refractivity contribution in [3.8, 4) is 0 Å². The van der Waals surface area contributed by atoms with Crippen LogP contribution >= 0.6 is 12.2 Å². The molecular weight excluding hydrogens is 584 g/mol. The van der Waals surface area contributed by atoms with Gasteiger partial charge in [-0.1, -0.05) is 42.5 Å². The summed E-state index contributed by atoms with van der Waals surface area (Å²) in [6.07, 6.45) is 4.29. The molecule has 0 unspecified atom stereocenters. The molecule has 2 aromatic rings. The largest absolute Gasteiger partial charge is 0.467 e. The van der Waals surface area contributed by atoms with Gasteiger partial charge in [0.25, 0.3) is 0 Å². The molecule has 12 nitrogen and oxygen atoms in total. The molecule has 0 aliphatic carbocycles. The molecule has 0 saturated carbocycles. The lowest BCUT2D eigenvalue weighted by atomic mass is 10.0. The number of ether oxygens (including phenoxy) is 2. The van der Waals surface area contributed by atoms with Crippen LogP contribution in [0.1, 0.15) is 58.7 Å². The highest BCUT2D eigenvalue weighted by atomic mass is 32.1. The van der Waals surface area contributed by atoms with E-state index in [0.717, 1.165) is 11.3 Å². The van der Waals surface area contributed by atoms with Crippen molar-refractivity contribution in [3.05, 3.63) is 54.1 Å². The van der Waals surface area contributed by atoms with Crippen LogP contribution in [0.2, 0.25) is 0 Å². The summed E-state index contributed by atoms with van der Waals surface area (Å²) in [6.45, 7) is 8.98. The zero-order valence-corrected chi connectivity index (χ0v) is 27.3. The van der Waals surface area contributed by atoms with E-state index in [9.17, 15) is 19.2 Å². The van der Waals surface area contributed by atoms with Gasteiger partial charge < -0.3 is 34.9 Å². The number of nitrogens with one attached hydrogen (secondary N) is 3. The number of hydrogen-bond donors (Lipinski definition) is 3. The Hall–Kier alpha value is -4.00. The van der Waals surface area contributed by atoms with Gasteiger partial charge in [-0.2, -0.15) is 0 Å². The number of benzene rings is 1. The molecule has 0 spiro atoms. The predicted molar refractivity (Wildman–Crippen MR) is 169 cm³/mol. The fourth-order valence-electron chi connectivity index (χ4n) is 4.92. The molecule has 1 aliphatic rings. The van der Waals surface area contributed by atoms with E-state index < -0.39 is 47.2 Å². The van der Waals surface area contributed by atoms with Gasteiger partial charge >= 0.3 is 12.1 Å². The summed E-state index contributed by atoms with van der Waals surface area (Å²) in [5, 5.41) is 8.64. The van der Waals surface area contributed by atoms with Crippen LogP contribution in [0.15, 0.2) is 42.9 Å². The molecule has 13 heteroatoms. The number of aryl methyl sites for hydroxylation is 1. The Balaban J connectivity index is 1.73. The fraction of sp³-hybridized carbons (Fsp3) is 0.548. The maximum absolute atomic E-state index is 13.9. The Bertz CT molecular complexity index is 1340. The van der Waals surface area contributed by atoms with Gasteiger partial charge in [0.05, 0.1) is 24.5 Å². The van der Waals surface area contributed by atoms with Crippen LogP contribution in [-0.2, 0) is 43.7 Å². The minimum atomic E-state index is -1.22. The van der Waals surface area contributed by atoms with Crippen LogP contribution in [0.25, 0.3) is 0 Å². The van der Waals surface area contributed by atoms with Crippen molar-refractivity contribution in [3.63, 3.8) is 0 Å². The smallest absolute Gasteiger partial charge is 0.408 e. The van der Waals surface area contributed by atoms with Crippen molar-refractivity contribution in [2.45, 2.75) is 89.6 Å². The second kappa shape index (κ2) is 14.7. The second-order valence-corrected chi connectivity index (χ2v) is 12.9. The van der Waals surface area contributed by atoms with Gasteiger partial charge in [-0.15, -0.1) is 0 Å². The highest BCUT2D eigenvalue weighted by Crippen LogP contribution is 2.22. The first-order valence-corrected chi connectivity index (χ1v) is 15.0. The number of nitrogens with zero attached hydrogens (tertiary/aromatic N) is 3. The van der Waals surface area contributed by atoms with Crippen molar-refractivity contribution < 1.29 is 28.7 Å². The molecule has 1 fully saturated rings. The first-order valence-electron chi connectivity index (χ1n) is 14.6. The number of carbonyl (C=O) groups excluding carboxylic acids is 4. The zero-order valence-electron chi connectivity index (χ0n) is 26.5. The summed E-state index contributed by atoms with van der Waals surface area (Å²) in [5.41, 5.74) is -0.346. The number of hydrogen-bond acceptors (Lipinski definition) is 8. The van der Waals surface area contributed by atoms with Crippen LogP contribution in [0.5, 0.6) is 0 Å². The Labute approximate surface area is 264 Å². The lowest BCUT2D eigenvalue weighted by Gasteiger charge is -2.34. The molecule has 3 rings (SSSR count). The van der Waals surface area contributed by atoms with Crippen LogP contribution in [-0.4, -0.2) is 86.2 Å². The number of thiocarbonyl (C=S) groups is 1. The molecule has 0 bridgehead atoms. The molecule has 1 aliphatic heterocycles. The average Bonchev–Trinajstić information content (AvgIpc) is 3.60. The summed E-state index contributed by atoms with van der Waals surface area (Å²) >= 11 is 5.75. The van der Waals surface area contributed by atoms with E-state index in [1.54, 1.807) is 56.6 Å². The van der Waals surface area contributed by atoms with Gasteiger partial charge in [0.1, 0.15) is 23.2 Å². The normalized spacial score (nSPS) is 16.4. The fourth-order valence-corrected chi connectivity index (χ4v) is 5.42. The van der Waals surface area contributed by atoms with E-state index in [0.29, 0.717) is 24.4 Å². The third-order valence-corrected chi connectivity index (χ3v) is 7.61. The summed E-state index contributed by atoms with van der Waals surface area (Å²) in [6, 6.07) is 6.98. The van der Waals surface area contributed by atoms with Gasteiger partial charge in [-0.3, -0.25) is 9.59 Å². The molecule has 2 heterocycles. The highest BCUT2D eigenvalue weighted by Gasteiger charge is 2.40. The molecule has 1 saturated heterocycles. The van der Waals surface area contributed by atoms with E-state index in [4.69, 9.17) is 21.7 Å². The van der Waals surface area contributed by atoms with Crippen LogP contribution in [0.4, 0.5) is 4.79 Å². The average molecular weight is 629 g/mol. The predicted octanol–water partition coefficient (Wildman–Crippen LogP) is 2.44. The molecule has 0 radical (unpaired) electrons. The number of methoxy groups -OCH3 is 1. The summed E-state index contributed by atoms with van der Waals surface area (Å²) in [7, 11) is 3.09. The van der Waals surface area contributed by atoms with E-state index in [1.165, 1.54) is 7.11 Å². The van der Waals surface area contributed by atoms with Gasteiger partial charge in [-0.25, -0.2) is 14.6 Å². The van der Waals surface area contributed by atoms with Crippen molar-refractivity contribution in [1.82, 2.24) is 30.4 Å². The van der Waals surface area contributed by atoms with E-state index in [-0.39, 0.29) is 18.7 Å². The van der Waals surface area contributed by atoms with Crippen LogP contribution in [0, 0.1) is 0 Å². The quantitative estimate of drug-likeness (QED) is 0.253. The SMILES string of the molecule is COC(=O)[C@H](Cc1ccccc1)NC(=O)C(C)(C)NC(=S)[C@H]1CCCN1C(=O)[C@H](Cc1cncn1C)NC(=O)OC(C)(C)C. The molecule has 1 aromatic heterocycles. The minimum absolute atomic E-state index is 0.197. The van der Waals surface area contributed by atoms with Crippen LogP contribution in [0.3, 0.4) is 0 Å². The number of esters is 1. The van der Waals surface area contributed by atoms with E-state index >= 15 is 0 Å². The molecule has 240 valence electrons. The maximum atomic E-state index is 13.9. The Morgan fingerprint density at radius 3 is 2.32 bits per heavy atom. The second-order valence-electron chi connectivity index (χ2n) is 12.4. The lowest BCUT2D eigenvalue weighted by molar-refractivity contribution is -0.145. The minimum Gasteiger partial charge on any atom is -0.467 e. The topological polar surface area (TPSA) is 144 Å². The summed E-state index contributed by atoms with van der Waals surface area (Å²) < 4.78 is 12.1. The Morgan fingerprint density at radius 1 is 1.05 bits per heavy atom. The van der Waals surface area contributed by atoms with Crippen molar-refractivity contribution >= 4 is 41.1 Å². The number of imidazole rings is 1.